The molecule has 3 amide bonds. The minimum absolute atomic E-state index is 0.156. The van der Waals surface area contributed by atoms with Gasteiger partial charge in [0.05, 0.1) is 9.11 Å². The monoisotopic (exact) mass is 478 g/mol. The number of thiophene rings is 1. The number of thioether (sulfide) groups is 1. The standard InChI is InChI=1S/C21H19ClN2O3S3/c22-14-4-6-15(7-5-14)28-19-9-8-16(29-19)12-17-20(26)24(21(27)30-17)13-18(25)23-10-2-1-3-11-23/h4-9,12H,1-3,10-11,13H2. The van der Waals surface area contributed by atoms with Gasteiger partial charge in [-0.1, -0.05) is 23.4 Å². The first-order valence-electron chi connectivity index (χ1n) is 9.56. The Morgan fingerprint density at radius 1 is 1.07 bits per heavy atom. The fourth-order valence-corrected chi connectivity index (χ4v) is 6.33. The van der Waals surface area contributed by atoms with Gasteiger partial charge in [0, 0.05) is 27.9 Å². The summed E-state index contributed by atoms with van der Waals surface area (Å²) in [6, 6.07) is 11.5. The van der Waals surface area contributed by atoms with Gasteiger partial charge >= 0.3 is 0 Å². The van der Waals surface area contributed by atoms with Gasteiger partial charge in [-0.05, 0) is 73.5 Å². The number of imide groups is 1. The van der Waals surface area contributed by atoms with Gasteiger partial charge in [0.1, 0.15) is 6.54 Å². The van der Waals surface area contributed by atoms with Gasteiger partial charge < -0.3 is 4.90 Å². The highest BCUT2D eigenvalue weighted by atomic mass is 35.5. The molecular weight excluding hydrogens is 460 g/mol. The van der Waals surface area contributed by atoms with E-state index in [1.54, 1.807) is 34.1 Å². The normalized spacial score (nSPS) is 18.5. The maximum atomic E-state index is 12.7. The van der Waals surface area contributed by atoms with Crippen molar-refractivity contribution in [2.24, 2.45) is 0 Å². The Morgan fingerprint density at radius 2 is 1.80 bits per heavy atom. The van der Waals surface area contributed by atoms with Crippen LogP contribution in [0.4, 0.5) is 4.79 Å². The van der Waals surface area contributed by atoms with Crippen molar-refractivity contribution >= 4 is 69.6 Å². The molecule has 0 atom stereocenters. The molecule has 2 aliphatic heterocycles. The zero-order chi connectivity index (χ0) is 21.1. The summed E-state index contributed by atoms with van der Waals surface area (Å²) in [5, 5.41) is 0.310. The molecule has 0 unspecified atom stereocenters. The molecule has 0 bridgehead atoms. The summed E-state index contributed by atoms with van der Waals surface area (Å²) in [6.45, 7) is 1.23. The van der Waals surface area contributed by atoms with Crippen molar-refractivity contribution in [2.45, 2.75) is 28.4 Å². The summed E-state index contributed by atoms with van der Waals surface area (Å²) in [7, 11) is 0. The van der Waals surface area contributed by atoms with E-state index in [0.717, 1.165) is 49.9 Å². The number of rotatable bonds is 5. The second kappa shape index (κ2) is 9.60. The maximum Gasteiger partial charge on any atom is 0.294 e. The zero-order valence-electron chi connectivity index (χ0n) is 16.0. The van der Waals surface area contributed by atoms with Crippen molar-refractivity contribution in [2.75, 3.05) is 19.6 Å². The lowest BCUT2D eigenvalue weighted by molar-refractivity contribution is -0.136. The van der Waals surface area contributed by atoms with Crippen molar-refractivity contribution in [1.82, 2.24) is 9.80 Å². The van der Waals surface area contributed by atoms with Crippen LogP contribution in [-0.4, -0.2) is 46.5 Å². The van der Waals surface area contributed by atoms with Gasteiger partial charge in [0.2, 0.25) is 5.91 Å². The molecule has 2 saturated heterocycles. The van der Waals surface area contributed by atoms with Crippen LogP contribution in [0.5, 0.6) is 0 Å². The highest BCUT2D eigenvalue weighted by Crippen LogP contribution is 2.37. The van der Waals surface area contributed by atoms with E-state index in [4.69, 9.17) is 11.6 Å². The highest BCUT2D eigenvalue weighted by molar-refractivity contribution is 8.18. The Balaban J connectivity index is 1.41. The van der Waals surface area contributed by atoms with Crippen molar-refractivity contribution in [3.05, 3.63) is 51.2 Å². The zero-order valence-corrected chi connectivity index (χ0v) is 19.2. The van der Waals surface area contributed by atoms with Crippen LogP contribution in [0, 0.1) is 0 Å². The molecule has 4 rings (SSSR count). The lowest BCUT2D eigenvalue weighted by atomic mass is 10.1. The molecule has 2 fully saturated rings. The van der Waals surface area contributed by atoms with E-state index in [2.05, 4.69) is 0 Å². The van der Waals surface area contributed by atoms with Gasteiger partial charge in [-0.25, -0.2) is 0 Å². The van der Waals surface area contributed by atoms with E-state index in [-0.39, 0.29) is 17.7 Å². The molecule has 0 saturated carbocycles. The van der Waals surface area contributed by atoms with Gasteiger partial charge in [-0.2, -0.15) is 0 Å². The first-order chi connectivity index (χ1) is 14.5. The summed E-state index contributed by atoms with van der Waals surface area (Å²) < 4.78 is 1.07. The summed E-state index contributed by atoms with van der Waals surface area (Å²) in [5.41, 5.74) is 0. The SMILES string of the molecule is O=C(CN1C(=O)SC(=Cc2ccc(Sc3ccc(Cl)cc3)s2)C1=O)N1CCCCC1. The van der Waals surface area contributed by atoms with Crippen LogP contribution in [-0.2, 0) is 9.59 Å². The summed E-state index contributed by atoms with van der Waals surface area (Å²) in [4.78, 5) is 42.6. The third kappa shape index (κ3) is 5.11. The van der Waals surface area contributed by atoms with E-state index >= 15 is 0 Å². The molecule has 3 heterocycles. The Hall–Kier alpha value is -1.74. The number of hydrogen-bond acceptors (Lipinski definition) is 6. The average Bonchev–Trinajstić information content (AvgIpc) is 3.29. The smallest absolute Gasteiger partial charge is 0.294 e. The quantitative estimate of drug-likeness (QED) is 0.523. The van der Waals surface area contributed by atoms with Crippen LogP contribution in [0.2, 0.25) is 5.02 Å². The van der Waals surface area contributed by atoms with Crippen molar-refractivity contribution in [3.63, 3.8) is 0 Å². The van der Waals surface area contributed by atoms with E-state index in [0.29, 0.717) is 23.0 Å². The highest BCUT2D eigenvalue weighted by Gasteiger charge is 2.37. The molecule has 0 N–H and O–H groups in total. The molecule has 1 aromatic carbocycles. The number of benzene rings is 1. The number of piperidine rings is 1. The third-order valence-corrected chi connectivity index (χ3v) is 8.11. The minimum atomic E-state index is -0.393. The number of hydrogen-bond donors (Lipinski definition) is 0. The predicted octanol–water partition coefficient (Wildman–Crippen LogP) is 5.60. The minimum Gasteiger partial charge on any atom is -0.341 e. The number of nitrogens with zero attached hydrogens (tertiary/aromatic N) is 2. The molecule has 9 heteroatoms. The first kappa shape index (κ1) is 21.5. The van der Waals surface area contributed by atoms with E-state index < -0.39 is 5.91 Å². The van der Waals surface area contributed by atoms with Crippen LogP contribution in [0.15, 0.2) is 50.4 Å². The molecule has 2 aliphatic rings. The summed E-state index contributed by atoms with van der Waals surface area (Å²) >= 11 is 9.97. The van der Waals surface area contributed by atoms with E-state index in [1.807, 2.05) is 36.4 Å². The second-order valence-electron chi connectivity index (χ2n) is 6.92. The molecule has 0 spiro atoms. The Labute approximate surface area is 192 Å². The topological polar surface area (TPSA) is 57.7 Å². The van der Waals surface area contributed by atoms with Gasteiger partial charge in [-0.15, -0.1) is 11.3 Å². The lowest BCUT2D eigenvalue weighted by Gasteiger charge is -2.27. The Morgan fingerprint density at radius 3 is 2.53 bits per heavy atom. The average molecular weight is 479 g/mol. The third-order valence-electron chi connectivity index (χ3n) is 4.78. The molecule has 1 aromatic heterocycles. The molecular formula is C21H19ClN2O3S3. The summed E-state index contributed by atoms with van der Waals surface area (Å²) in [5.74, 6) is -0.549. The molecule has 30 heavy (non-hydrogen) atoms. The molecule has 2 aromatic rings. The van der Waals surface area contributed by atoms with Crippen LogP contribution in [0.3, 0.4) is 0 Å². The molecule has 0 aliphatic carbocycles. The van der Waals surface area contributed by atoms with Gasteiger partial charge in [0.25, 0.3) is 11.1 Å². The van der Waals surface area contributed by atoms with Crippen LogP contribution in [0.25, 0.3) is 6.08 Å². The van der Waals surface area contributed by atoms with Crippen LogP contribution in [0.1, 0.15) is 24.1 Å². The lowest BCUT2D eigenvalue weighted by Crippen LogP contribution is -2.44. The molecule has 0 radical (unpaired) electrons. The number of halogens is 1. The number of carbonyl (C=O) groups is 3. The predicted molar refractivity (Wildman–Crippen MR) is 123 cm³/mol. The van der Waals surface area contributed by atoms with E-state index in [9.17, 15) is 14.4 Å². The maximum absolute atomic E-state index is 12.7. The fourth-order valence-electron chi connectivity index (χ4n) is 3.23. The first-order valence-corrected chi connectivity index (χ1v) is 12.4. The van der Waals surface area contributed by atoms with Gasteiger partial charge in [0.15, 0.2) is 0 Å². The molecule has 5 nitrogen and oxygen atoms in total. The Bertz CT molecular complexity index is 997. The largest absolute Gasteiger partial charge is 0.341 e. The van der Waals surface area contributed by atoms with Crippen LogP contribution < -0.4 is 0 Å². The van der Waals surface area contributed by atoms with Crippen molar-refractivity contribution in [3.8, 4) is 0 Å². The van der Waals surface area contributed by atoms with Crippen molar-refractivity contribution in [1.29, 1.82) is 0 Å². The van der Waals surface area contributed by atoms with Crippen molar-refractivity contribution < 1.29 is 14.4 Å². The van der Waals surface area contributed by atoms with E-state index in [1.165, 1.54) is 0 Å². The second-order valence-corrected chi connectivity index (χ2v) is 10.8. The number of likely N-dealkylation sites (tertiary alicyclic amines) is 1. The molecule has 156 valence electrons. The van der Waals surface area contributed by atoms with Crippen LogP contribution >= 0.6 is 46.5 Å². The number of amides is 3. The summed E-state index contributed by atoms with van der Waals surface area (Å²) in [6.07, 6.45) is 4.80. The number of carbonyl (C=O) groups excluding carboxylic acids is 3. The fraction of sp³-hybridized carbons (Fsp3) is 0.286. The Kier molecular flexibility index (Phi) is 6.87. The van der Waals surface area contributed by atoms with Gasteiger partial charge in [-0.3, -0.25) is 19.3 Å².